The number of rotatable bonds is 3. The molecular weight excluding hydrogens is 252 g/mol. The van der Waals surface area contributed by atoms with Gasteiger partial charge in [-0.25, -0.2) is 0 Å². The van der Waals surface area contributed by atoms with Gasteiger partial charge in [0.05, 0.1) is 6.42 Å². The Morgan fingerprint density at radius 1 is 1.00 bits per heavy atom. The second-order valence-electron chi connectivity index (χ2n) is 5.13. The van der Waals surface area contributed by atoms with E-state index in [0.717, 1.165) is 29.2 Å². The Hall–Kier alpha value is -2.36. The maximum absolute atomic E-state index is 11.9. The second kappa shape index (κ2) is 5.33. The van der Waals surface area contributed by atoms with Gasteiger partial charge in [0.15, 0.2) is 0 Å². The van der Waals surface area contributed by atoms with Crippen molar-refractivity contribution in [2.45, 2.75) is 19.3 Å². The van der Waals surface area contributed by atoms with E-state index in [0.29, 0.717) is 0 Å². The van der Waals surface area contributed by atoms with Crippen molar-refractivity contribution in [2.75, 3.05) is 0 Å². The Bertz CT molecular complexity index is 657. The van der Waals surface area contributed by atoms with Gasteiger partial charge in [-0.05, 0) is 29.2 Å². The van der Waals surface area contributed by atoms with E-state index in [1.165, 1.54) is 0 Å². The molecule has 2 amide bonds. The van der Waals surface area contributed by atoms with Crippen LogP contribution in [-0.2, 0) is 16.0 Å². The number of amides is 2. The van der Waals surface area contributed by atoms with Crippen molar-refractivity contribution in [3.05, 3.63) is 48.0 Å². The summed E-state index contributed by atoms with van der Waals surface area (Å²) in [7, 11) is 0. The molecule has 2 aromatic rings. The fourth-order valence-electron chi connectivity index (χ4n) is 2.24. The van der Waals surface area contributed by atoms with Gasteiger partial charge in [-0.15, -0.1) is 0 Å². The smallest absolute Gasteiger partial charge is 0.242 e. The first-order valence-electron chi connectivity index (χ1n) is 6.79. The topological polar surface area (TPSA) is 58.2 Å². The van der Waals surface area contributed by atoms with Crippen LogP contribution in [0.5, 0.6) is 0 Å². The highest BCUT2D eigenvalue weighted by Gasteiger charge is 2.29. The summed E-state index contributed by atoms with van der Waals surface area (Å²) in [4.78, 5) is 23.3. The first-order chi connectivity index (χ1) is 9.74. The van der Waals surface area contributed by atoms with Crippen LogP contribution in [-0.4, -0.2) is 11.8 Å². The fraction of sp³-hybridized carbons (Fsp3) is 0.250. The maximum atomic E-state index is 11.9. The average Bonchev–Trinajstić information content (AvgIpc) is 3.30. The normalized spacial score (nSPS) is 14.0. The molecule has 0 bridgehead atoms. The summed E-state index contributed by atoms with van der Waals surface area (Å²) in [5.41, 5.74) is 5.91. The molecule has 102 valence electrons. The molecule has 1 saturated carbocycles. The lowest BCUT2D eigenvalue weighted by Gasteiger charge is -2.08. The monoisotopic (exact) mass is 268 g/mol. The van der Waals surface area contributed by atoms with Gasteiger partial charge in [-0.1, -0.05) is 42.5 Å². The van der Waals surface area contributed by atoms with Crippen molar-refractivity contribution in [3.63, 3.8) is 0 Å². The number of benzene rings is 2. The van der Waals surface area contributed by atoms with Gasteiger partial charge >= 0.3 is 0 Å². The van der Waals surface area contributed by atoms with E-state index in [4.69, 9.17) is 0 Å². The predicted octanol–water partition coefficient (Wildman–Crippen LogP) is 1.94. The number of hydrazine groups is 1. The van der Waals surface area contributed by atoms with E-state index in [-0.39, 0.29) is 24.2 Å². The predicted molar refractivity (Wildman–Crippen MR) is 76.7 cm³/mol. The summed E-state index contributed by atoms with van der Waals surface area (Å²) in [6.07, 6.45) is 2.10. The van der Waals surface area contributed by atoms with E-state index in [9.17, 15) is 9.59 Å². The summed E-state index contributed by atoms with van der Waals surface area (Å²) >= 11 is 0. The molecule has 0 spiro atoms. The van der Waals surface area contributed by atoms with Crippen molar-refractivity contribution >= 4 is 22.6 Å². The molecule has 0 radical (unpaired) electrons. The molecule has 1 aliphatic carbocycles. The first kappa shape index (κ1) is 12.7. The molecule has 20 heavy (non-hydrogen) atoms. The third-order valence-electron chi connectivity index (χ3n) is 3.50. The van der Waals surface area contributed by atoms with E-state index in [2.05, 4.69) is 10.9 Å². The van der Waals surface area contributed by atoms with Gasteiger partial charge in [0, 0.05) is 5.92 Å². The number of carbonyl (C=O) groups is 2. The Morgan fingerprint density at radius 3 is 2.55 bits per heavy atom. The van der Waals surface area contributed by atoms with Crippen LogP contribution in [0.15, 0.2) is 42.5 Å². The molecule has 1 fully saturated rings. The minimum absolute atomic E-state index is 0.0868. The minimum Gasteiger partial charge on any atom is -0.273 e. The Labute approximate surface area is 117 Å². The van der Waals surface area contributed by atoms with E-state index >= 15 is 0 Å². The highest BCUT2D eigenvalue weighted by atomic mass is 16.2. The van der Waals surface area contributed by atoms with Crippen LogP contribution in [0.1, 0.15) is 18.4 Å². The number of nitrogens with one attached hydrogen (secondary N) is 2. The molecule has 0 aromatic heterocycles. The highest BCUT2D eigenvalue weighted by molar-refractivity contribution is 5.91. The van der Waals surface area contributed by atoms with Crippen LogP contribution in [0.3, 0.4) is 0 Å². The maximum Gasteiger partial charge on any atom is 0.242 e. The lowest BCUT2D eigenvalue weighted by molar-refractivity contribution is -0.129. The molecule has 4 nitrogen and oxygen atoms in total. The van der Waals surface area contributed by atoms with Crippen LogP contribution in [0.25, 0.3) is 10.8 Å². The number of hydrogen-bond acceptors (Lipinski definition) is 2. The zero-order valence-electron chi connectivity index (χ0n) is 11.1. The molecule has 1 aliphatic rings. The van der Waals surface area contributed by atoms with Gasteiger partial charge in [-0.3, -0.25) is 20.4 Å². The van der Waals surface area contributed by atoms with E-state index in [1.807, 2.05) is 42.5 Å². The van der Waals surface area contributed by atoms with Crippen molar-refractivity contribution in [1.29, 1.82) is 0 Å². The van der Waals surface area contributed by atoms with Gasteiger partial charge in [0.1, 0.15) is 0 Å². The number of hydrogen-bond donors (Lipinski definition) is 2. The fourth-order valence-corrected chi connectivity index (χ4v) is 2.24. The molecule has 4 heteroatoms. The highest BCUT2D eigenvalue weighted by Crippen LogP contribution is 2.28. The van der Waals surface area contributed by atoms with Crippen molar-refractivity contribution in [1.82, 2.24) is 10.9 Å². The molecule has 0 unspecified atom stereocenters. The molecule has 0 saturated heterocycles. The molecule has 2 N–H and O–H groups in total. The minimum atomic E-state index is -0.199. The van der Waals surface area contributed by atoms with Crippen LogP contribution < -0.4 is 10.9 Å². The van der Waals surface area contributed by atoms with Gasteiger partial charge in [0.2, 0.25) is 11.8 Å². The lowest BCUT2D eigenvalue weighted by atomic mass is 10.0. The SMILES string of the molecule is O=C(Cc1cccc2ccccc12)NNC(=O)C1CC1. The van der Waals surface area contributed by atoms with Crippen molar-refractivity contribution in [3.8, 4) is 0 Å². The average molecular weight is 268 g/mol. The largest absolute Gasteiger partial charge is 0.273 e. The third kappa shape index (κ3) is 2.79. The van der Waals surface area contributed by atoms with E-state index in [1.54, 1.807) is 0 Å². The quantitative estimate of drug-likeness (QED) is 0.836. The van der Waals surface area contributed by atoms with E-state index < -0.39 is 0 Å². The van der Waals surface area contributed by atoms with Crippen molar-refractivity contribution < 1.29 is 9.59 Å². The molecule has 0 atom stereocenters. The van der Waals surface area contributed by atoms with Crippen LogP contribution in [0.4, 0.5) is 0 Å². The number of fused-ring (bicyclic) bond motifs is 1. The molecule has 3 rings (SSSR count). The molecule has 0 aliphatic heterocycles. The Kier molecular flexibility index (Phi) is 3.37. The lowest BCUT2D eigenvalue weighted by Crippen LogP contribution is -2.43. The van der Waals surface area contributed by atoms with Crippen LogP contribution in [0, 0.1) is 5.92 Å². The second-order valence-corrected chi connectivity index (χ2v) is 5.13. The summed E-state index contributed by atoms with van der Waals surface area (Å²) in [5.74, 6) is -0.195. The van der Waals surface area contributed by atoms with Gasteiger partial charge in [0.25, 0.3) is 0 Å². The summed E-state index contributed by atoms with van der Waals surface area (Å²) in [6, 6.07) is 13.8. The summed E-state index contributed by atoms with van der Waals surface area (Å²) in [6.45, 7) is 0. The molecular formula is C16H16N2O2. The first-order valence-corrected chi connectivity index (χ1v) is 6.79. The zero-order valence-corrected chi connectivity index (χ0v) is 11.1. The Balaban J connectivity index is 1.66. The van der Waals surface area contributed by atoms with Crippen LogP contribution >= 0.6 is 0 Å². The Morgan fingerprint density at radius 2 is 1.75 bits per heavy atom. The van der Waals surface area contributed by atoms with Gasteiger partial charge < -0.3 is 0 Å². The van der Waals surface area contributed by atoms with Crippen LogP contribution in [0.2, 0.25) is 0 Å². The summed E-state index contributed by atoms with van der Waals surface area (Å²) < 4.78 is 0. The third-order valence-corrected chi connectivity index (χ3v) is 3.50. The molecule has 2 aromatic carbocycles. The summed E-state index contributed by atoms with van der Waals surface area (Å²) in [5, 5.41) is 2.18. The molecule has 0 heterocycles. The number of carbonyl (C=O) groups excluding carboxylic acids is 2. The van der Waals surface area contributed by atoms with Gasteiger partial charge in [-0.2, -0.15) is 0 Å². The standard InChI is InChI=1S/C16H16N2O2/c19-15(17-18-16(20)12-8-9-12)10-13-6-3-5-11-4-1-2-7-14(11)13/h1-7,12H,8-10H2,(H,17,19)(H,18,20). The van der Waals surface area contributed by atoms with Crippen molar-refractivity contribution in [2.24, 2.45) is 5.92 Å². The zero-order chi connectivity index (χ0) is 13.9.